The second-order valence-electron chi connectivity index (χ2n) is 5.89. The Balaban J connectivity index is 1.67. The van der Waals surface area contributed by atoms with Gasteiger partial charge in [-0.1, -0.05) is 12.1 Å². The lowest BCUT2D eigenvalue weighted by Gasteiger charge is -2.31. The van der Waals surface area contributed by atoms with Crippen LogP contribution in [-0.4, -0.2) is 49.4 Å². The molecule has 2 aromatic heterocycles. The van der Waals surface area contributed by atoms with Crippen LogP contribution in [0.25, 0.3) is 0 Å². The maximum atomic E-state index is 12.6. The molecule has 1 saturated heterocycles. The average molecular weight is 318 g/mol. The lowest BCUT2D eigenvalue weighted by Crippen LogP contribution is -2.47. The molecule has 2 atom stereocenters. The molecule has 0 unspecified atom stereocenters. The van der Waals surface area contributed by atoms with Crippen LogP contribution >= 0.6 is 0 Å². The number of carbonyl (C=O) groups is 1. The van der Waals surface area contributed by atoms with E-state index >= 15 is 0 Å². The van der Waals surface area contributed by atoms with E-state index in [4.69, 9.17) is 4.52 Å². The van der Waals surface area contributed by atoms with E-state index in [0.717, 1.165) is 32.4 Å². The zero-order valence-corrected chi connectivity index (χ0v) is 13.5. The number of amides is 1. The molecule has 0 bridgehead atoms. The van der Waals surface area contributed by atoms with Gasteiger partial charge >= 0.3 is 0 Å². The summed E-state index contributed by atoms with van der Waals surface area (Å²) < 4.78 is 6.83. The predicted molar refractivity (Wildman–Crippen MR) is 83.7 cm³/mol. The number of anilines is 1. The molecule has 0 aromatic carbocycles. The SMILES string of the molecule is CC[C@H](C(=O)Nc1cc(C)on1)N1CCC[C@H]1Cn1cncn1. The largest absolute Gasteiger partial charge is 0.360 e. The summed E-state index contributed by atoms with van der Waals surface area (Å²) in [7, 11) is 0. The normalized spacial score (nSPS) is 19.8. The number of nitrogens with zero attached hydrogens (tertiary/aromatic N) is 5. The van der Waals surface area contributed by atoms with E-state index in [1.165, 1.54) is 6.33 Å². The molecule has 3 heterocycles. The quantitative estimate of drug-likeness (QED) is 0.867. The number of rotatable bonds is 6. The zero-order valence-electron chi connectivity index (χ0n) is 13.5. The third kappa shape index (κ3) is 3.58. The molecule has 8 heteroatoms. The van der Waals surface area contributed by atoms with Crippen molar-refractivity contribution in [1.29, 1.82) is 0 Å². The van der Waals surface area contributed by atoms with Gasteiger partial charge in [0.1, 0.15) is 18.4 Å². The minimum absolute atomic E-state index is 0.0358. The fourth-order valence-corrected chi connectivity index (χ4v) is 3.21. The van der Waals surface area contributed by atoms with Crippen molar-refractivity contribution in [1.82, 2.24) is 24.8 Å². The van der Waals surface area contributed by atoms with E-state index in [9.17, 15) is 4.79 Å². The van der Waals surface area contributed by atoms with Crippen molar-refractivity contribution in [3.05, 3.63) is 24.5 Å². The van der Waals surface area contributed by atoms with Crippen LogP contribution in [0.1, 0.15) is 31.9 Å². The summed E-state index contributed by atoms with van der Waals surface area (Å²) in [6.45, 7) is 5.51. The smallest absolute Gasteiger partial charge is 0.242 e. The van der Waals surface area contributed by atoms with Crippen molar-refractivity contribution in [2.45, 2.75) is 51.7 Å². The number of nitrogens with one attached hydrogen (secondary N) is 1. The molecule has 1 N–H and O–H groups in total. The lowest BCUT2D eigenvalue weighted by atomic mass is 10.1. The van der Waals surface area contributed by atoms with Crippen LogP contribution in [0.15, 0.2) is 23.2 Å². The molecule has 0 saturated carbocycles. The third-order valence-corrected chi connectivity index (χ3v) is 4.26. The highest BCUT2D eigenvalue weighted by molar-refractivity contribution is 5.94. The Kier molecular flexibility index (Phi) is 4.71. The molecule has 23 heavy (non-hydrogen) atoms. The molecule has 8 nitrogen and oxygen atoms in total. The van der Waals surface area contributed by atoms with Crippen LogP contribution in [0, 0.1) is 6.92 Å². The summed E-state index contributed by atoms with van der Waals surface area (Å²) in [5.74, 6) is 1.11. The maximum absolute atomic E-state index is 12.6. The van der Waals surface area contributed by atoms with Gasteiger partial charge < -0.3 is 9.84 Å². The minimum Gasteiger partial charge on any atom is -0.360 e. The lowest BCUT2D eigenvalue weighted by molar-refractivity contribution is -0.122. The van der Waals surface area contributed by atoms with Gasteiger partial charge in [-0.05, 0) is 32.7 Å². The Morgan fingerprint density at radius 3 is 3.09 bits per heavy atom. The fraction of sp³-hybridized carbons (Fsp3) is 0.600. The second-order valence-corrected chi connectivity index (χ2v) is 5.89. The summed E-state index contributed by atoms with van der Waals surface area (Å²) in [6, 6.07) is 1.84. The minimum atomic E-state index is -0.178. The van der Waals surface area contributed by atoms with E-state index in [1.54, 1.807) is 19.3 Å². The molecule has 2 aromatic rings. The first-order valence-corrected chi connectivity index (χ1v) is 7.99. The van der Waals surface area contributed by atoms with Crippen LogP contribution in [0.2, 0.25) is 0 Å². The summed E-state index contributed by atoms with van der Waals surface area (Å²) in [5.41, 5.74) is 0. The molecule has 1 amide bonds. The van der Waals surface area contributed by atoms with E-state index < -0.39 is 0 Å². The van der Waals surface area contributed by atoms with Crippen LogP contribution in [0.4, 0.5) is 5.82 Å². The Labute approximate surface area is 134 Å². The number of aryl methyl sites for hydroxylation is 1. The number of carbonyl (C=O) groups excluding carboxylic acids is 1. The van der Waals surface area contributed by atoms with E-state index in [-0.39, 0.29) is 11.9 Å². The molecule has 0 radical (unpaired) electrons. The Hall–Kier alpha value is -2.22. The summed E-state index contributed by atoms with van der Waals surface area (Å²) >= 11 is 0. The van der Waals surface area contributed by atoms with Crippen LogP contribution in [0.5, 0.6) is 0 Å². The molecule has 0 spiro atoms. The van der Waals surface area contributed by atoms with Crippen LogP contribution in [0.3, 0.4) is 0 Å². The first-order valence-electron chi connectivity index (χ1n) is 7.99. The summed E-state index contributed by atoms with van der Waals surface area (Å²) in [6.07, 6.45) is 6.15. The Bertz CT molecular complexity index is 638. The zero-order chi connectivity index (χ0) is 16.2. The van der Waals surface area contributed by atoms with Gasteiger partial charge in [-0.3, -0.25) is 14.4 Å². The van der Waals surface area contributed by atoms with Gasteiger partial charge in [0.2, 0.25) is 5.91 Å². The first-order chi connectivity index (χ1) is 11.2. The first kappa shape index (κ1) is 15.7. The average Bonchev–Trinajstić information content (AvgIpc) is 3.25. The maximum Gasteiger partial charge on any atom is 0.242 e. The molecule has 1 aliphatic heterocycles. The molecular weight excluding hydrogens is 296 g/mol. The van der Waals surface area contributed by atoms with E-state index in [2.05, 4.69) is 25.5 Å². The van der Waals surface area contributed by atoms with Gasteiger partial charge in [-0.2, -0.15) is 5.10 Å². The second kappa shape index (κ2) is 6.91. The number of hydrogen-bond acceptors (Lipinski definition) is 6. The highest BCUT2D eigenvalue weighted by atomic mass is 16.5. The van der Waals surface area contributed by atoms with Crippen molar-refractivity contribution in [2.24, 2.45) is 0 Å². The van der Waals surface area contributed by atoms with Gasteiger partial charge in [0.05, 0.1) is 12.6 Å². The van der Waals surface area contributed by atoms with Crippen molar-refractivity contribution in [3.8, 4) is 0 Å². The highest BCUT2D eigenvalue weighted by Crippen LogP contribution is 2.23. The standard InChI is InChI=1S/C15H22N6O2/c1-3-13(15(22)18-14-7-11(2)23-19-14)21-6-4-5-12(21)8-20-10-16-9-17-20/h7,9-10,12-13H,3-6,8H2,1-2H3,(H,18,19,22)/t12-,13+/m0/s1. The molecule has 0 aliphatic carbocycles. The Morgan fingerprint density at radius 1 is 1.57 bits per heavy atom. The van der Waals surface area contributed by atoms with Gasteiger partial charge in [0, 0.05) is 12.1 Å². The van der Waals surface area contributed by atoms with Crippen LogP contribution < -0.4 is 5.32 Å². The van der Waals surface area contributed by atoms with Crippen molar-refractivity contribution in [3.63, 3.8) is 0 Å². The van der Waals surface area contributed by atoms with E-state index in [1.807, 2.05) is 11.6 Å². The monoisotopic (exact) mass is 318 g/mol. The molecule has 124 valence electrons. The molecule has 1 fully saturated rings. The topological polar surface area (TPSA) is 89.1 Å². The Morgan fingerprint density at radius 2 is 2.43 bits per heavy atom. The van der Waals surface area contributed by atoms with Gasteiger partial charge in [-0.15, -0.1) is 0 Å². The van der Waals surface area contributed by atoms with Gasteiger partial charge in [0.25, 0.3) is 0 Å². The summed E-state index contributed by atoms with van der Waals surface area (Å²) in [5, 5.41) is 10.9. The molecule has 3 rings (SSSR count). The van der Waals surface area contributed by atoms with Gasteiger partial charge in [0.15, 0.2) is 5.82 Å². The predicted octanol–water partition coefficient (Wildman–Crippen LogP) is 1.46. The fourth-order valence-electron chi connectivity index (χ4n) is 3.21. The van der Waals surface area contributed by atoms with Gasteiger partial charge in [-0.25, -0.2) is 4.98 Å². The van der Waals surface area contributed by atoms with Crippen molar-refractivity contribution < 1.29 is 9.32 Å². The summed E-state index contributed by atoms with van der Waals surface area (Å²) in [4.78, 5) is 18.9. The van der Waals surface area contributed by atoms with Crippen LogP contribution in [-0.2, 0) is 11.3 Å². The van der Waals surface area contributed by atoms with E-state index in [0.29, 0.717) is 17.6 Å². The number of aromatic nitrogens is 4. The van der Waals surface area contributed by atoms with Crippen molar-refractivity contribution >= 4 is 11.7 Å². The molecular formula is C15H22N6O2. The highest BCUT2D eigenvalue weighted by Gasteiger charge is 2.34. The van der Waals surface area contributed by atoms with Crippen molar-refractivity contribution in [2.75, 3.05) is 11.9 Å². The number of hydrogen-bond donors (Lipinski definition) is 1. The molecule has 1 aliphatic rings. The third-order valence-electron chi connectivity index (χ3n) is 4.26. The number of likely N-dealkylation sites (tertiary alicyclic amines) is 1.